The fraction of sp³-hybridized carbons (Fsp3) is 0.571. The number of halogens is 3. The lowest BCUT2D eigenvalue weighted by Gasteiger charge is -2.10. The van der Waals surface area contributed by atoms with E-state index in [0.29, 0.717) is 28.3 Å². The minimum absolute atomic E-state index is 0.578. The molecule has 19 heavy (non-hydrogen) atoms. The Balaban J connectivity index is 2.21. The van der Waals surface area contributed by atoms with Crippen LogP contribution in [0.5, 0.6) is 5.75 Å². The average Bonchev–Trinajstić information content (AvgIpc) is 2.33. The third-order valence-electron chi connectivity index (χ3n) is 2.53. The van der Waals surface area contributed by atoms with Crippen LogP contribution in [0.15, 0.2) is 16.6 Å². The minimum Gasteiger partial charge on any atom is -0.492 e. The lowest BCUT2D eigenvalue weighted by Crippen LogP contribution is -2.21. The molecule has 0 aliphatic heterocycles. The predicted octanol–water partition coefficient (Wildman–Crippen LogP) is 5.16. The van der Waals surface area contributed by atoms with Crippen LogP contribution in [0, 0.1) is 5.92 Å². The number of rotatable bonds is 8. The number of nitrogens with one attached hydrogen (secondary N) is 1. The molecule has 0 saturated heterocycles. The fourth-order valence-electron chi connectivity index (χ4n) is 1.54. The zero-order valence-corrected chi connectivity index (χ0v) is 14.4. The van der Waals surface area contributed by atoms with Crippen LogP contribution in [0.25, 0.3) is 0 Å². The van der Waals surface area contributed by atoms with E-state index in [-0.39, 0.29) is 0 Å². The van der Waals surface area contributed by atoms with Crippen molar-refractivity contribution in [2.24, 2.45) is 5.92 Å². The van der Waals surface area contributed by atoms with Crippen molar-refractivity contribution in [2.75, 3.05) is 19.7 Å². The van der Waals surface area contributed by atoms with Gasteiger partial charge in [-0.1, -0.05) is 37.0 Å². The van der Waals surface area contributed by atoms with E-state index < -0.39 is 0 Å². The topological polar surface area (TPSA) is 21.3 Å². The van der Waals surface area contributed by atoms with Crippen molar-refractivity contribution in [3.8, 4) is 5.75 Å². The predicted molar refractivity (Wildman–Crippen MR) is 86.6 cm³/mol. The van der Waals surface area contributed by atoms with E-state index in [2.05, 4.69) is 35.1 Å². The van der Waals surface area contributed by atoms with Gasteiger partial charge in [0.2, 0.25) is 0 Å². The van der Waals surface area contributed by atoms with Crippen molar-refractivity contribution in [2.45, 2.75) is 26.7 Å². The van der Waals surface area contributed by atoms with Gasteiger partial charge in [-0.05, 0) is 53.8 Å². The summed E-state index contributed by atoms with van der Waals surface area (Å²) in [7, 11) is 0. The quantitative estimate of drug-likeness (QED) is 0.505. The standard InChI is InChI=1S/C14H20BrCl2NO/c1-10(2)9-18-5-3-4-6-19-14-8-12(16)11(15)7-13(14)17/h7-8,10,18H,3-6,9H2,1-2H3. The molecule has 0 spiro atoms. The third kappa shape index (κ3) is 6.84. The van der Waals surface area contributed by atoms with Gasteiger partial charge in [-0.3, -0.25) is 0 Å². The van der Waals surface area contributed by atoms with Crippen LogP contribution in [0.1, 0.15) is 26.7 Å². The summed E-state index contributed by atoms with van der Waals surface area (Å²) in [6.07, 6.45) is 2.09. The van der Waals surface area contributed by atoms with Gasteiger partial charge < -0.3 is 10.1 Å². The molecule has 2 nitrogen and oxygen atoms in total. The maximum Gasteiger partial charge on any atom is 0.139 e. The molecule has 0 saturated carbocycles. The first-order valence-electron chi connectivity index (χ1n) is 6.48. The summed E-state index contributed by atoms with van der Waals surface area (Å²) in [6.45, 7) is 7.15. The van der Waals surface area contributed by atoms with Crippen LogP contribution < -0.4 is 10.1 Å². The van der Waals surface area contributed by atoms with Gasteiger partial charge in [-0.2, -0.15) is 0 Å². The van der Waals surface area contributed by atoms with Crippen molar-refractivity contribution >= 4 is 39.1 Å². The first kappa shape index (κ1) is 17.1. The molecular weight excluding hydrogens is 349 g/mol. The molecule has 0 aromatic heterocycles. The highest BCUT2D eigenvalue weighted by Gasteiger charge is 2.06. The summed E-state index contributed by atoms with van der Waals surface area (Å²) in [5.74, 6) is 1.34. The van der Waals surface area contributed by atoms with Crippen LogP contribution in [0.4, 0.5) is 0 Å². The zero-order chi connectivity index (χ0) is 14.3. The van der Waals surface area contributed by atoms with Crippen LogP contribution in [0.2, 0.25) is 10.0 Å². The van der Waals surface area contributed by atoms with Crippen molar-refractivity contribution < 1.29 is 4.74 Å². The molecule has 108 valence electrons. The maximum atomic E-state index is 6.07. The smallest absolute Gasteiger partial charge is 0.139 e. The Morgan fingerprint density at radius 2 is 1.95 bits per heavy atom. The number of hydrogen-bond acceptors (Lipinski definition) is 2. The molecule has 0 aliphatic carbocycles. The molecule has 0 aliphatic rings. The highest BCUT2D eigenvalue weighted by Crippen LogP contribution is 2.34. The maximum absolute atomic E-state index is 6.07. The lowest BCUT2D eigenvalue weighted by molar-refractivity contribution is 0.305. The summed E-state index contributed by atoms with van der Waals surface area (Å²) < 4.78 is 6.42. The second kappa shape index (κ2) is 9.06. The number of unbranched alkanes of at least 4 members (excludes halogenated alkanes) is 1. The normalized spacial score (nSPS) is 11.1. The van der Waals surface area contributed by atoms with Crippen LogP contribution >= 0.6 is 39.1 Å². The molecule has 1 N–H and O–H groups in total. The Morgan fingerprint density at radius 3 is 2.63 bits per heavy atom. The fourth-order valence-corrected chi connectivity index (χ4v) is 2.39. The molecule has 0 atom stereocenters. The first-order chi connectivity index (χ1) is 9.00. The molecule has 0 radical (unpaired) electrons. The number of ether oxygens (including phenoxy) is 1. The highest BCUT2D eigenvalue weighted by atomic mass is 79.9. The third-order valence-corrected chi connectivity index (χ3v) is 4.03. The molecule has 0 heterocycles. The molecule has 5 heteroatoms. The van der Waals surface area contributed by atoms with Gasteiger partial charge in [-0.25, -0.2) is 0 Å². The minimum atomic E-state index is 0.578. The first-order valence-corrected chi connectivity index (χ1v) is 8.03. The lowest BCUT2D eigenvalue weighted by atomic mass is 10.2. The van der Waals surface area contributed by atoms with Crippen molar-refractivity contribution in [1.82, 2.24) is 5.32 Å². The summed E-state index contributed by atoms with van der Waals surface area (Å²) in [5, 5.41) is 4.59. The molecule has 0 amide bonds. The average molecular weight is 369 g/mol. The number of hydrogen-bond donors (Lipinski definition) is 1. The molecule has 0 fully saturated rings. The molecule has 1 aromatic carbocycles. The monoisotopic (exact) mass is 367 g/mol. The Kier molecular flexibility index (Phi) is 8.15. The van der Waals surface area contributed by atoms with E-state index in [1.54, 1.807) is 12.1 Å². The molecule has 1 rings (SSSR count). The molecule has 0 unspecified atom stereocenters. The van der Waals surface area contributed by atoms with Gasteiger partial charge >= 0.3 is 0 Å². The van der Waals surface area contributed by atoms with Gasteiger partial charge in [-0.15, -0.1) is 0 Å². The summed E-state index contributed by atoms with van der Waals surface area (Å²) in [4.78, 5) is 0. The Morgan fingerprint density at radius 1 is 1.21 bits per heavy atom. The van der Waals surface area contributed by atoms with E-state index in [0.717, 1.165) is 30.4 Å². The van der Waals surface area contributed by atoms with E-state index in [1.165, 1.54) is 0 Å². The molecule has 1 aromatic rings. The molecule has 0 bridgehead atoms. The van der Waals surface area contributed by atoms with Crippen LogP contribution in [-0.4, -0.2) is 19.7 Å². The highest BCUT2D eigenvalue weighted by molar-refractivity contribution is 9.10. The number of benzene rings is 1. The zero-order valence-electron chi connectivity index (χ0n) is 11.3. The van der Waals surface area contributed by atoms with Gasteiger partial charge in [0.25, 0.3) is 0 Å². The van der Waals surface area contributed by atoms with Gasteiger partial charge in [0.05, 0.1) is 16.7 Å². The van der Waals surface area contributed by atoms with E-state index in [4.69, 9.17) is 27.9 Å². The second-order valence-corrected chi connectivity index (χ2v) is 6.52. The van der Waals surface area contributed by atoms with E-state index >= 15 is 0 Å². The Hall–Kier alpha value is 0.0400. The van der Waals surface area contributed by atoms with Gasteiger partial charge in [0, 0.05) is 10.5 Å². The molecular formula is C14H20BrCl2NO. The van der Waals surface area contributed by atoms with Crippen LogP contribution in [-0.2, 0) is 0 Å². The van der Waals surface area contributed by atoms with E-state index in [9.17, 15) is 0 Å². The van der Waals surface area contributed by atoms with Crippen LogP contribution in [0.3, 0.4) is 0 Å². The van der Waals surface area contributed by atoms with E-state index in [1.807, 2.05) is 0 Å². The van der Waals surface area contributed by atoms with Crippen molar-refractivity contribution in [3.63, 3.8) is 0 Å². The SMILES string of the molecule is CC(C)CNCCCCOc1cc(Cl)c(Br)cc1Cl. The summed E-state index contributed by atoms with van der Waals surface area (Å²) in [6, 6.07) is 3.49. The summed E-state index contributed by atoms with van der Waals surface area (Å²) >= 11 is 15.4. The van der Waals surface area contributed by atoms with Crippen molar-refractivity contribution in [3.05, 3.63) is 26.7 Å². The van der Waals surface area contributed by atoms with Gasteiger partial charge in [0.15, 0.2) is 0 Å². The van der Waals surface area contributed by atoms with Gasteiger partial charge in [0.1, 0.15) is 5.75 Å². The Labute approximate surface area is 133 Å². The van der Waals surface area contributed by atoms with Crippen molar-refractivity contribution in [1.29, 1.82) is 0 Å². The Bertz CT molecular complexity index is 399. The summed E-state index contributed by atoms with van der Waals surface area (Å²) in [5.41, 5.74) is 0. The largest absolute Gasteiger partial charge is 0.492 e. The second-order valence-electron chi connectivity index (χ2n) is 4.85.